The van der Waals surface area contributed by atoms with Crippen molar-refractivity contribution in [2.45, 2.75) is 6.42 Å². The van der Waals surface area contributed by atoms with E-state index in [9.17, 15) is 19.7 Å². The SMILES string of the molecule is O=C(Cc1ccccc1[N+](=O)[O-])NNC(=O)c1ccccc1Br. The maximum Gasteiger partial charge on any atom is 0.273 e. The maximum atomic E-state index is 11.9. The molecule has 7 nitrogen and oxygen atoms in total. The summed E-state index contributed by atoms with van der Waals surface area (Å²) in [5.41, 5.74) is 5.00. The number of carbonyl (C=O) groups is 2. The van der Waals surface area contributed by atoms with Gasteiger partial charge in [-0.2, -0.15) is 0 Å². The van der Waals surface area contributed by atoms with Crippen LogP contribution in [0.1, 0.15) is 15.9 Å². The Morgan fingerprint density at radius 3 is 2.39 bits per heavy atom. The Labute approximate surface area is 139 Å². The number of nitro benzene ring substituents is 1. The fraction of sp³-hybridized carbons (Fsp3) is 0.0667. The van der Waals surface area contributed by atoms with Gasteiger partial charge in [-0.25, -0.2) is 0 Å². The highest BCUT2D eigenvalue weighted by atomic mass is 79.9. The van der Waals surface area contributed by atoms with Crippen LogP contribution in [0, 0.1) is 10.1 Å². The molecule has 0 heterocycles. The van der Waals surface area contributed by atoms with Crippen molar-refractivity contribution < 1.29 is 14.5 Å². The van der Waals surface area contributed by atoms with Crippen LogP contribution >= 0.6 is 15.9 Å². The van der Waals surface area contributed by atoms with E-state index in [1.165, 1.54) is 18.2 Å². The summed E-state index contributed by atoms with van der Waals surface area (Å²) in [7, 11) is 0. The molecular formula is C15H12BrN3O4. The van der Waals surface area contributed by atoms with E-state index in [0.717, 1.165) is 0 Å². The van der Waals surface area contributed by atoms with Gasteiger partial charge in [0.1, 0.15) is 0 Å². The third kappa shape index (κ3) is 4.36. The van der Waals surface area contributed by atoms with E-state index in [1.54, 1.807) is 30.3 Å². The first-order valence-electron chi connectivity index (χ1n) is 6.55. The average Bonchev–Trinajstić information content (AvgIpc) is 2.53. The van der Waals surface area contributed by atoms with Crippen LogP contribution in [0.3, 0.4) is 0 Å². The van der Waals surface area contributed by atoms with Crippen LogP contribution in [-0.2, 0) is 11.2 Å². The second-order valence-electron chi connectivity index (χ2n) is 4.54. The number of hydrazine groups is 1. The molecule has 0 saturated carbocycles. The lowest BCUT2D eigenvalue weighted by Gasteiger charge is -2.08. The molecule has 0 unspecified atom stereocenters. The Morgan fingerprint density at radius 1 is 1.04 bits per heavy atom. The Balaban J connectivity index is 1.97. The molecule has 0 fully saturated rings. The number of nitrogens with zero attached hydrogens (tertiary/aromatic N) is 1. The average molecular weight is 378 g/mol. The molecule has 0 aliphatic carbocycles. The van der Waals surface area contributed by atoms with Crippen LogP contribution in [0.15, 0.2) is 53.0 Å². The number of para-hydroxylation sites is 1. The van der Waals surface area contributed by atoms with Gasteiger partial charge >= 0.3 is 0 Å². The summed E-state index contributed by atoms with van der Waals surface area (Å²) in [6.45, 7) is 0. The number of benzene rings is 2. The number of nitrogens with one attached hydrogen (secondary N) is 2. The first-order chi connectivity index (χ1) is 11.0. The standard InChI is InChI=1S/C15H12BrN3O4/c16-12-7-3-2-6-11(12)15(21)18-17-14(20)9-10-5-1-4-8-13(10)19(22)23/h1-8H,9H2,(H,17,20)(H,18,21). The van der Waals surface area contributed by atoms with Crippen LogP contribution in [-0.4, -0.2) is 16.7 Å². The van der Waals surface area contributed by atoms with Crippen molar-refractivity contribution in [3.63, 3.8) is 0 Å². The summed E-state index contributed by atoms with van der Waals surface area (Å²) < 4.78 is 0.588. The topological polar surface area (TPSA) is 101 Å². The van der Waals surface area contributed by atoms with E-state index in [-0.39, 0.29) is 17.7 Å². The highest BCUT2D eigenvalue weighted by Gasteiger charge is 2.16. The van der Waals surface area contributed by atoms with Crippen molar-refractivity contribution in [3.8, 4) is 0 Å². The molecule has 0 aliphatic rings. The predicted octanol–water partition coefficient (Wildman–Crippen LogP) is 2.36. The zero-order chi connectivity index (χ0) is 16.8. The molecule has 8 heteroatoms. The van der Waals surface area contributed by atoms with E-state index in [0.29, 0.717) is 10.0 Å². The lowest BCUT2D eigenvalue weighted by molar-refractivity contribution is -0.385. The summed E-state index contributed by atoms with van der Waals surface area (Å²) in [5, 5.41) is 10.9. The second kappa shape index (κ2) is 7.50. The van der Waals surface area contributed by atoms with Gasteiger partial charge in [0.2, 0.25) is 5.91 Å². The fourth-order valence-corrected chi connectivity index (χ4v) is 2.36. The molecule has 0 aromatic heterocycles. The summed E-state index contributed by atoms with van der Waals surface area (Å²) in [6.07, 6.45) is -0.215. The van der Waals surface area contributed by atoms with Gasteiger partial charge in [0.15, 0.2) is 0 Å². The van der Waals surface area contributed by atoms with E-state index in [1.807, 2.05) is 0 Å². The van der Waals surface area contributed by atoms with Crippen LogP contribution in [0.5, 0.6) is 0 Å². The molecule has 0 radical (unpaired) electrons. The highest BCUT2D eigenvalue weighted by Crippen LogP contribution is 2.18. The van der Waals surface area contributed by atoms with Gasteiger partial charge in [0.25, 0.3) is 11.6 Å². The Hall–Kier alpha value is -2.74. The number of halogens is 1. The number of nitro groups is 1. The molecule has 2 N–H and O–H groups in total. The Morgan fingerprint density at radius 2 is 1.70 bits per heavy atom. The molecular weight excluding hydrogens is 366 g/mol. The van der Waals surface area contributed by atoms with Gasteiger partial charge in [0.05, 0.1) is 16.9 Å². The summed E-state index contributed by atoms with van der Waals surface area (Å²) in [6, 6.07) is 12.7. The van der Waals surface area contributed by atoms with Crippen molar-refractivity contribution >= 4 is 33.4 Å². The Kier molecular flexibility index (Phi) is 5.42. The van der Waals surface area contributed by atoms with E-state index >= 15 is 0 Å². The Bertz CT molecular complexity index is 764. The van der Waals surface area contributed by atoms with Crippen LogP contribution in [0.2, 0.25) is 0 Å². The molecule has 2 aromatic rings. The molecule has 2 rings (SSSR count). The van der Waals surface area contributed by atoms with Crippen molar-refractivity contribution in [2.75, 3.05) is 0 Å². The molecule has 0 bridgehead atoms. The number of amides is 2. The first-order valence-corrected chi connectivity index (χ1v) is 7.34. The van der Waals surface area contributed by atoms with Gasteiger partial charge < -0.3 is 0 Å². The summed E-state index contributed by atoms with van der Waals surface area (Å²) in [5.74, 6) is -1.05. The molecule has 118 valence electrons. The highest BCUT2D eigenvalue weighted by molar-refractivity contribution is 9.10. The maximum absolute atomic E-state index is 11.9. The predicted molar refractivity (Wildman–Crippen MR) is 86.6 cm³/mol. The summed E-state index contributed by atoms with van der Waals surface area (Å²) >= 11 is 3.23. The fourth-order valence-electron chi connectivity index (χ4n) is 1.89. The molecule has 2 aromatic carbocycles. The minimum atomic E-state index is -0.556. The van der Waals surface area contributed by atoms with Crippen LogP contribution in [0.25, 0.3) is 0 Å². The largest absolute Gasteiger partial charge is 0.273 e. The molecule has 0 spiro atoms. The molecule has 0 atom stereocenters. The summed E-state index contributed by atoms with van der Waals surface area (Å²) in [4.78, 5) is 34.1. The quantitative estimate of drug-likeness (QED) is 0.630. The minimum absolute atomic E-state index is 0.139. The number of rotatable bonds is 4. The smallest absolute Gasteiger partial charge is 0.273 e. The number of hydrogen-bond acceptors (Lipinski definition) is 4. The number of carbonyl (C=O) groups excluding carboxylic acids is 2. The molecule has 0 saturated heterocycles. The van der Waals surface area contributed by atoms with Crippen molar-refractivity contribution in [1.82, 2.24) is 10.9 Å². The van der Waals surface area contributed by atoms with Crippen molar-refractivity contribution in [3.05, 3.63) is 74.2 Å². The first kappa shape index (κ1) is 16.6. The van der Waals surface area contributed by atoms with Crippen molar-refractivity contribution in [1.29, 1.82) is 0 Å². The normalized spacial score (nSPS) is 9.96. The molecule has 0 aliphatic heterocycles. The van der Waals surface area contributed by atoms with Crippen molar-refractivity contribution in [2.24, 2.45) is 0 Å². The zero-order valence-electron chi connectivity index (χ0n) is 11.8. The van der Waals surface area contributed by atoms with E-state index in [2.05, 4.69) is 26.8 Å². The number of hydrogen-bond donors (Lipinski definition) is 2. The molecule has 2 amide bonds. The second-order valence-corrected chi connectivity index (χ2v) is 5.40. The third-order valence-corrected chi connectivity index (χ3v) is 3.66. The van der Waals surface area contributed by atoms with Gasteiger partial charge in [-0.3, -0.25) is 30.6 Å². The van der Waals surface area contributed by atoms with Gasteiger partial charge in [-0.1, -0.05) is 30.3 Å². The van der Waals surface area contributed by atoms with Gasteiger partial charge in [-0.05, 0) is 28.1 Å². The monoisotopic (exact) mass is 377 g/mol. The van der Waals surface area contributed by atoms with Gasteiger partial charge in [0, 0.05) is 16.1 Å². The van der Waals surface area contributed by atoms with Crippen LogP contribution < -0.4 is 10.9 Å². The van der Waals surface area contributed by atoms with Crippen LogP contribution in [0.4, 0.5) is 5.69 Å². The van der Waals surface area contributed by atoms with E-state index in [4.69, 9.17) is 0 Å². The lowest BCUT2D eigenvalue weighted by Crippen LogP contribution is -2.42. The third-order valence-electron chi connectivity index (χ3n) is 2.97. The van der Waals surface area contributed by atoms with E-state index < -0.39 is 16.7 Å². The molecule has 23 heavy (non-hydrogen) atoms. The zero-order valence-corrected chi connectivity index (χ0v) is 13.4. The lowest BCUT2D eigenvalue weighted by atomic mass is 10.1. The van der Waals surface area contributed by atoms with Gasteiger partial charge in [-0.15, -0.1) is 0 Å². The minimum Gasteiger partial charge on any atom is -0.273 e.